The van der Waals surface area contributed by atoms with Gasteiger partial charge in [-0.3, -0.25) is 4.99 Å². The van der Waals surface area contributed by atoms with Crippen molar-refractivity contribution < 1.29 is 4.74 Å². The van der Waals surface area contributed by atoms with Gasteiger partial charge in [-0.05, 0) is 50.8 Å². The molecule has 2 rings (SSSR count). The molecule has 5 nitrogen and oxygen atoms in total. The maximum absolute atomic E-state index is 5.71. The van der Waals surface area contributed by atoms with Crippen LogP contribution in [0.3, 0.4) is 0 Å². The Balaban J connectivity index is 0.00000392. The van der Waals surface area contributed by atoms with E-state index in [-0.39, 0.29) is 24.0 Å². The van der Waals surface area contributed by atoms with Crippen LogP contribution in [0, 0.1) is 5.92 Å². The van der Waals surface area contributed by atoms with E-state index in [0.29, 0.717) is 13.2 Å². The fraction of sp³-hybridized carbons (Fsp3) is 0.591. The van der Waals surface area contributed by atoms with Gasteiger partial charge in [0, 0.05) is 32.2 Å². The average molecular weight is 500 g/mol. The highest BCUT2D eigenvalue weighted by atomic mass is 127. The minimum Gasteiger partial charge on any atom is -0.489 e. The zero-order chi connectivity index (χ0) is 19.3. The number of nitrogens with zero attached hydrogens (tertiary/aromatic N) is 2. The lowest BCUT2D eigenvalue weighted by Crippen LogP contribution is -2.38. The van der Waals surface area contributed by atoms with Crippen molar-refractivity contribution in [2.45, 2.75) is 39.2 Å². The molecule has 1 aliphatic heterocycles. The number of halogens is 1. The fourth-order valence-corrected chi connectivity index (χ4v) is 3.50. The Labute approximate surface area is 188 Å². The number of hydrogen-bond acceptors (Lipinski definition) is 3. The minimum atomic E-state index is 0. The van der Waals surface area contributed by atoms with Crippen LogP contribution in [0.2, 0.25) is 0 Å². The van der Waals surface area contributed by atoms with Gasteiger partial charge >= 0.3 is 0 Å². The second kappa shape index (κ2) is 14.7. The van der Waals surface area contributed by atoms with E-state index in [1.165, 1.54) is 38.9 Å². The Hall–Kier alpha value is -1.28. The summed E-state index contributed by atoms with van der Waals surface area (Å²) in [5, 5.41) is 6.78. The highest BCUT2D eigenvalue weighted by Gasteiger charge is 2.15. The number of piperidine rings is 1. The standard InChI is InChI=1S/C22H36N4O.HI/c1-4-16-27-21-12-6-5-11-20(21)17-25-22(23-3)24-13-7-8-14-26-15-9-10-19(2)18-26;/h4-6,11-12,19H,1,7-10,13-18H2,2-3H3,(H2,23,24,25);1H. The van der Waals surface area contributed by atoms with Crippen LogP contribution in [0.4, 0.5) is 0 Å². The molecule has 1 unspecified atom stereocenters. The maximum Gasteiger partial charge on any atom is 0.191 e. The van der Waals surface area contributed by atoms with Crippen LogP contribution in [0.25, 0.3) is 0 Å². The van der Waals surface area contributed by atoms with Crippen LogP contribution >= 0.6 is 24.0 Å². The molecule has 0 amide bonds. The molecular formula is C22H37IN4O. The average Bonchev–Trinajstić information content (AvgIpc) is 2.69. The number of ether oxygens (including phenoxy) is 1. The largest absolute Gasteiger partial charge is 0.489 e. The first-order chi connectivity index (χ1) is 13.2. The summed E-state index contributed by atoms with van der Waals surface area (Å²) in [7, 11) is 1.81. The molecule has 1 atom stereocenters. The fourth-order valence-electron chi connectivity index (χ4n) is 3.50. The van der Waals surface area contributed by atoms with Crippen molar-refractivity contribution in [3.63, 3.8) is 0 Å². The van der Waals surface area contributed by atoms with Crippen molar-refractivity contribution in [3.8, 4) is 5.75 Å². The third-order valence-corrected chi connectivity index (χ3v) is 4.93. The summed E-state index contributed by atoms with van der Waals surface area (Å²) >= 11 is 0. The molecule has 28 heavy (non-hydrogen) atoms. The van der Waals surface area contributed by atoms with Gasteiger partial charge in [0.1, 0.15) is 12.4 Å². The van der Waals surface area contributed by atoms with Crippen molar-refractivity contribution in [3.05, 3.63) is 42.5 Å². The lowest BCUT2D eigenvalue weighted by molar-refractivity contribution is 0.181. The van der Waals surface area contributed by atoms with E-state index in [2.05, 4.69) is 40.1 Å². The lowest BCUT2D eigenvalue weighted by atomic mass is 10.0. The number of aliphatic imine (C=N–C) groups is 1. The predicted octanol–water partition coefficient (Wildman–Crippen LogP) is 4.05. The first-order valence-electron chi connectivity index (χ1n) is 10.2. The third kappa shape index (κ3) is 9.28. The van der Waals surface area contributed by atoms with Crippen molar-refractivity contribution in [1.82, 2.24) is 15.5 Å². The number of para-hydroxylation sites is 1. The molecule has 1 aromatic rings. The zero-order valence-corrected chi connectivity index (χ0v) is 19.8. The Kier molecular flexibility index (Phi) is 13.0. The highest BCUT2D eigenvalue weighted by Crippen LogP contribution is 2.17. The van der Waals surface area contributed by atoms with E-state index in [0.717, 1.165) is 36.2 Å². The molecule has 1 aliphatic rings. The monoisotopic (exact) mass is 500 g/mol. The second-order valence-electron chi connectivity index (χ2n) is 7.32. The SMILES string of the molecule is C=CCOc1ccccc1CNC(=NC)NCCCCN1CCCC(C)C1.I. The summed E-state index contributed by atoms with van der Waals surface area (Å²) < 4.78 is 5.71. The van der Waals surface area contributed by atoms with Crippen molar-refractivity contribution >= 4 is 29.9 Å². The number of nitrogens with one attached hydrogen (secondary N) is 2. The molecule has 158 valence electrons. The molecule has 0 aliphatic carbocycles. The van der Waals surface area contributed by atoms with Gasteiger partial charge in [-0.1, -0.05) is 37.8 Å². The van der Waals surface area contributed by atoms with E-state index >= 15 is 0 Å². The molecule has 1 fully saturated rings. The predicted molar refractivity (Wildman–Crippen MR) is 130 cm³/mol. The Morgan fingerprint density at radius 3 is 2.89 bits per heavy atom. The molecule has 2 N–H and O–H groups in total. The number of likely N-dealkylation sites (tertiary alicyclic amines) is 1. The molecule has 0 saturated carbocycles. The molecule has 1 heterocycles. The van der Waals surface area contributed by atoms with E-state index < -0.39 is 0 Å². The molecule has 0 bridgehead atoms. The molecule has 0 aromatic heterocycles. The normalized spacial score (nSPS) is 17.5. The Bertz CT molecular complexity index is 594. The van der Waals surface area contributed by atoms with Gasteiger partial charge in [-0.2, -0.15) is 0 Å². The van der Waals surface area contributed by atoms with Crippen LogP contribution in [-0.4, -0.2) is 50.7 Å². The van der Waals surface area contributed by atoms with E-state index in [1.807, 2.05) is 25.2 Å². The zero-order valence-electron chi connectivity index (χ0n) is 17.5. The number of rotatable bonds is 10. The van der Waals surface area contributed by atoms with Crippen molar-refractivity contribution in [2.24, 2.45) is 10.9 Å². The summed E-state index contributed by atoms with van der Waals surface area (Å²) in [6.45, 7) is 12.0. The van der Waals surface area contributed by atoms with E-state index in [1.54, 1.807) is 6.08 Å². The molecule has 1 aromatic carbocycles. The van der Waals surface area contributed by atoms with Gasteiger partial charge in [0.05, 0.1) is 0 Å². The van der Waals surface area contributed by atoms with Gasteiger partial charge < -0.3 is 20.3 Å². The van der Waals surface area contributed by atoms with E-state index in [9.17, 15) is 0 Å². The lowest BCUT2D eigenvalue weighted by Gasteiger charge is -2.30. The summed E-state index contributed by atoms with van der Waals surface area (Å²) in [6.07, 6.45) is 6.89. The van der Waals surface area contributed by atoms with Crippen LogP contribution in [0.5, 0.6) is 5.75 Å². The minimum absolute atomic E-state index is 0. The number of hydrogen-bond donors (Lipinski definition) is 2. The van der Waals surface area contributed by atoms with E-state index in [4.69, 9.17) is 4.74 Å². The van der Waals surface area contributed by atoms with Gasteiger partial charge in [0.25, 0.3) is 0 Å². The second-order valence-corrected chi connectivity index (χ2v) is 7.32. The molecule has 6 heteroatoms. The number of benzene rings is 1. The molecule has 1 saturated heterocycles. The van der Waals surface area contributed by atoms with Crippen LogP contribution < -0.4 is 15.4 Å². The Morgan fingerprint density at radius 1 is 1.32 bits per heavy atom. The summed E-state index contributed by atoms with van der Waals surface area (Å²) in [4.78, 5) is 6.93. The molecular weight excluding hydrogens is 463 g/mol. The number of unbranched alkanes of at least 4 members (excludes halogenated alkanes) is 1. The van der Waals surface area contributed by atoms with Gasteiger partial charge in [0.15, 0.2) is 5.96 Å². The molecule has 0 radical (unpaired) electrons. The van der Waals surface area contributed by atoms with Crippen molar-refractivity contribution in [1.29, 1.82) is 0 Å². The third-order valence-electron chi connectivity index (χ3n) is 4.93. The van der Waals surface area contributed by atoms with Gasteiger partial charge in [-0.15, -0.1) is 24.0 Å². The van der Waals surface area contributed by atoms with Crippen LogP contribution in [0.1, 0.15) is 38.2 Å². The van der Waals surface area contributed by atoms with Crippen LogP contribution in [0.15, 0.2) is 41.9 Å². The first kappa shape index (κ1) is 24.8. The quantitative estimate of drug-likeness (QED) is 0.167. The number of guanidine groups is 1. The topological polar surface area (TPSA) is 48.9 Å². The molecule has 0 spiro atoms. The highest BCUT2D eigenvalue weighted by molar-refractivity contribution is 14.0. The summed E-state index contributed by atoms with van der Waals surface area (Å²) in [5.74, 6) is 2.58. The van der Waals surface area contributed by atoms with Gasteiger partial charge in [0.2, 0.25) is 0 Å². The maximum atomic E-state index is 5.71. The van der Waals surface area contributed by atoms with Crippen LogP contribution in [-0.2, 0) is 6.54 Å². The summed E-state index contributed by atoms with van der Waals surface area (Å²) in [6, 6.07) is 8.06. The van der Waals surface area contributed by atoms with Crippen molar-refractivity contribution in [2.75, 3.05) is 39.8 Å². The van der Waals surface area contributed by atoms with Gasteiger partial charge in [-0.25, -0.2) is 0 Å². The first-order valence-corrected chi connectivity index (χ1v) is 10.2. The summed E-state index contributed by atoms with van der Waals surface area (Å²) in [5.41, 5.74) is 1.11. The Morgan fingerprint density at radius 2 is 2.14 bits per heavy atom. The smallest absolute Gasteiger partial charge is 0.191 e.